The molecule has 2 saturated heterocycles. The molecule has 8 nitrogen and oxygen atoms in total. The van der Waals surface area contributed by atoms with Gasteiger partial charge in [-0.3, -0.25) is 4.79 Å². The number of amides is 1. The summed E-state index contributed by atoms with van der Waals surface area (Å²) in [7, 11) is 1.61. The molecule has 0 radical (unpaired) electrons. The summed E-state index contributed by atoms with van der Waals surface area (Å²) in [5, 5.41) is 5.35. The Morgan fingerprint density at radius 3 is 2.86 bits per heavy atom. The first kappa shape index (κ1) is 18.2. The standard InChI is InChI=1S/C21H26N6O2/c1-3-25-9-7-21(12-25)8-10-26(13-21)19(28)15-11-16-14-5-4-6-17(29-2)18(14)23-20(22)27(16)24-15/h4-6,11H,3,7-10,12-13H2,1-2H3,(H2,22,23). The number of hydrogen-bond donors (Lipinski definition) is 1. The molecule has 1 amide bonds. The second-order valence-corrected chi connectivity index (χ2v) is 8.25. The van der Waals surface area contributed by atoms with Crippen molar-refractivity contribution in [3.05, 3.63) is 30.0 Å². The summed E-state index contributed by atoms with van der Waals surface area (Å²) in [6.07, 6.45) is 2.23. The summed E-state index contributed by atoms with van der Waals surface area (Å²) >= 11 is 0. The van der Waals surface area contributed by atoms with Crippen LogP contribution in [-0.4, -0.2) is 70.1 Å². The molecule has 0 bridgehead atoms. The molecule has 152 valence electrons. The SMILES string of the molecule is CCN1CCC2(CCN(C(=O)c3cc4c5cccc(OC)c5nc(N)n4n3)C2)C1. The van der Waals surface area contributed by atoms with E-state index in [4.69, 9.17) is 10.5 Å². The second kappa shape index (κ2) is 6.59. The summed E-state index contributed by atoms with van der Waals surface area (Å²) < 4.78 is 6.96. The highest BCUT2D eigenvalue weighted by molar-refractivity contribution is 6.01. The fourth-order valence-corrected chi connectivity index (χ4v) is 4.92. The van der Waals surface area contributed by atoms with Crippen LogP contribution in [0.5, 0.6) is 5.75 Å². The third-order valence-corrected chi connectivity index (χ3v) is 6.56. The fraction of sp³-hybridized carbons (Fsp3) is 0.476. The van der Waals surface area contributed by atoms with Crippen molar-refractivity contribution in [3.8, 4) is 5.75 Å². The number of nitrogen functional groups attached to an aromatic ring is 1. The van der Waals surface area contributed by atoms with Gasteiger partial charge in [-0.15, -0.1) is 0 Å². The topological polar surface area (TPSA) is 89.0 Å². The lowest BCUT2D eigenvalue weighted by atomic mass is 9.86. The molecule has 2 aliphatic rings. The van der Waals surface area contributed by atoms with Gasteiger partial charge in [0.25, 0.3) is 5.91 Å². The zero-order valence-electron chi connectivity index (χ0n) is 16.9. The first-order valence-corrected chi connectivity index (χ1v) is 10.2. The first-order chi connectivity index (χ1) is 14.0. The summed E-state index contributed by atoms with van der Waals surface area (Å²) in [5.41, 5.74) is 8.23. The van der Waals surface area contributed by atoms with Crippen LogP contribution in [0.25, 0.3) is 16.4 Å². The van der Waals surface area contributed by atoms with E-state index in [2.05, 4.69) is 21.9 Å². The Hall–Kier alpha value is -2.87. The zero-order valence-corrected chi connectivity index (χ0v) is 16.9. The minimum Gasteiger partial charge on any atom is -0.494 e. The number of fused-ring (bicyclic) bond motifs is 3. The van der Waals surface area contributed by atoms with Gasteiger partial charge in [-0.05, 0) is 38.1 Å². The molecule has 3 aromatic rings. The van der Waals surface area contributed by atoms with E-state index in [0.717, 1.165) is 56.5 Å². The van der Waals surface area contributed by atoms with Gasteiger partial charge in [-0.2, -0.15) is 9.61 Å². The van der Waals surface area contributed by atoms with Gasteiger partial charge in [0.15, 0.2) is 5.69 Å². The predicted octanol–water partition coefficient (Wildman–Crippen LogP) is 2.03. The highest BCUT2D eigenvalue weighted by Gasteiger charge is 2.44. The molecule has 29 heavy (non-hydrogen) atoms. The third-order valence-electron chi connectivity index (χ3n) is 6.56. The van der Waals surface area contributed by atoms with E-state index in [-0.39, 0.29) is 17.3 Å². The molecule has 2 N–H and O–H groups in total. The number of benzene rings is 1. The highest BCUT2D eigenvalue weighted by atomic mass is 16.5. The summed E-state index contributed by atoms with van der Waals surface area (Å²) in [4.78, 5) is 22.1. The van der Waals surface area contributed by atoms with Gasteiger partial charge in [-0.25, -0.2) is 4.98 Å². The zero-order chi connectivity index (χ0) is 20.2. The Kier molecular flexibility index (Phi) is 4.13. The fourth-order valence-electron chi connectivity index (χ4n) is 4.92. The molecule has 1 atom stereocenters. The molecule has 1 unspecified atom stereocenters. The number of carbonyl (C=O) groups excluding carboxylic acids is 1. The Labute approximate surface area is 169 Å². The molecule has 4 heterocycles. The number of nitrogens with zero attached hydrogens (tertiary/aromatic N) is 5. The number of carbonyl (C=O) groups is 1. The summed E-state index contributed by atoms with van der Waals surface area (Å²) in [6, 6.07) is 7.51. The largest absolute Gasteiger partial charge is 0.494 e. The molecule has 0 saturated carbocycles. The van der Waals surface area contributed by atoms with Crippen molar-refractivity contribution in [1.82, 2.24) is 24.4 Å². The lowest BCUT2D eigenvalue weighted by Gasteiger charge is -2.24. The van der Waals surface area contributed by atoms with Gasteiger partial charge in [0.2, 0.25) is 5.95 Å². The summed E-state index contributed by atoms with van der Waals surface area (Å²) in [6.45, 7) is 7.07. The molecule has 0 aliphatic carbocycles. The molecule has 2 aliphatic heterocycles. The minimum atomic E-state index is -0.0315. The van der Waals surface area contributed by atoms with Gasteiger partial charge < -0.3 is 20.3 Å². The highest BCUT2D eigenvalue weighted by Crippen LogP contribution is 2.40. The average molecular weight is 394 g/mol. The molecular weight excluding hydrogens is 368 g/mol. The van der Waals surface area contributed by atoms with Crippen LogP contribution in [0.15, 0.2) is 24.3 Å². The van der Waals surface area contributed by atoms with Gasteiger partial charge >= 0.3 is 0 Å². The van der Waals surface area contributed by atoms with Crippen molar-refractivity contribution in [2.45, 2.75) is 19.8 Å². The van der Waals surface area contributed by atoms with E-state index in [1.807, 2.05) is 29.2 Å². The van der Waals surface area contributed by atoms with E-state index in [0.29, 0.717) is 17.0 Å². The van der Waals surface area contributed by atoms with Crippen LogP contribution < -0.4 is 10.5 Å². The number of methoxy groups -OCH3 is 1. The van der Waals surface area contributed by atoms with Crippen molar-refractivity contribution in [2.75, 3.05) is 45.6 Å². The number of ether oxygens (including phenoxy) is 1. The lowest BCUT2D eigenvalue weighted by molar-refractivity contribution is 0.0767. The Morgan fingerprint density at radius 1 is 1.28 bits per heavy atom. The van der Waals surface area contributed by atoms with Gasteiger partial charge in [0, 0.05) is 30.4 Å². The lowest BCUT2D eigenvalue weighted by Crippen LogP contribution is -2.34. The molecule has 2 fully saturated rings. The van der Waals surface area contributed by atoms with E-state index in [9.17, 15) is 4.79 Å². The number of rotatable bonds is 3. The van der Waals surface area contributed by atoms with E-state index < -0.39 is 0 Å². The Bertz CT molecular complexity index is 1110. The molecule has 8 heteroatoms. The van der Waals surface area contributed by atoms with Crippen LogP contribution in [0.1, 0.15) is 30.3 Å². The normalized spacial score (nSPS) is 22.3. The maximum absolute atomic E-state index is 13.2. The van der Waals surface area contributed by atoms with Crippen LogP contribution in [0.3, 0.4) is 0 Å². The van der Waals surface area contributed by atoms with Crippen LogP contribution in [0.2, 0.25) is 0 Å². The number of para-hydroxylation sites is 1. The Morgan fingerprint density at radius 2 is 2.10 bits per heavy atom. The van der Waals surface area contributed by atoms with Gasteiger partial charge in [0.1, 0.15) is 11.3 Å². The van der Waals surface area contributed by atoms with Crippen molar-refractivity contribution in [2.24, 2.45) is 5.41 Å². The number of anilines is 1. The predicted molar refractivity (Wildman–Crippen MR) is 111 cm³/mol. The van der Waals surface area contributed by atoms with E-state index in [1.54, 1.807) is 11.6 Å². The average Bonchev–Trinajstić information content (AvgIpc) is 3.46. The number of nitrogens with two attached hydrogens (primary N) is 1. The van der Waals surface area contributed by atoms with Crippen molar-refractivity contribution < 1.29 is 9.53 Å². The quantitative estimate of drug-likeness (QED) is 0.731. The maximum atomic E-state index is 13.2. The van der Waals surface area contributed by atoms with Gasteiger partial charge in [0.05, 0.1) is 12.6 Å². The van der Waals surface area contributed by atoms with Crippen molar-refractivity contribution in [1.29, 1.82) is 0 Å². The molecule has 1 aromatic carbocycles. The number of hydrogen-bond acceptors (Lipinski definition) is 6. The van der Waals surface area contributed by atoms with E-state index >= 15 is 0 Å². The van der Waals surface area contributed by atoms with Crippen LogP contribution >= 0.6 is 0 Å². The molecular formula is C21H26N6O2. The minimum absolute atomic E-state index is 0.0315. The number of likely N-dealkylation sites (tertiary alicyclic amines) is 2. The van der Waals surface area contributed by atoms with Crippen LogP contribution in [0, 0.1) is 5.41 Å². The third kappa shape index (κ3) is 2.81. The first-order valence-electron chi connectivity index (χ1n) is 10.2. The van der Waals surface area contributed by atoms with Gasteiger partial charge in [-0.1, -0.05) is 19.1 Å². The molecule has 5 rings (SSSR count). The maximum Gasteiger partial charge on any atom is 0.274 e. The molecule has 1 spiro atoms. The van der Waals surface area contributed by atoms with E-state index in [1.165, 1.54) is 0 Å². The monoisotopic (exact) mass is 394 g/mol. The number of aromatic nitrogens is 3. The second-order valence-electron chi connectivity index (χ2n) is 8.25. The van der Waals surface area contributed by atoms with Crippen LogP contribution in [-0.2, 0) is 0 Å². The van der Waals surface area contributed by atoms with Crippen LogP contribution in [0.4, 0.5) is 5.95 Å². The summed E-state index contributed by atoms with van der Waals surface area (Å²) in [5.74, 6) is 0.855. The Balaban J connectivity index is 1.49. The smallest absolute Gasteiger partial charge is 0.274 e. The van der Waals surface area contributed by atoms with Crippen molar-refractivity contribution >= 4 is 28.3 Å². The molecule has 2 aromatic heterocycles. The van der Waals surface area contributed by atoms with Crippen molar-refractivity contribution in [3.63, 3.8) is 0 Å².